The average molecular weight is 416 g/mol. The van der Waals surface area contributed by atoms with E-state index in [1.54, 1.807) is 24.3 Å². The predicted molar refractivity (Wildman–Crippen MR) is 111 cm³/mol. The van der Waals surface area contributed by atoms with Crippen LogP contribution in [-0.4, -0.2) is 41.6 Å². The van der Waals surface area contributed by atoms with Gasteiger partial charge in [-0.15, -0.1) is 0 Å². The lowest BCUT2D eigenvalue weighted by Gasteiger charge is -2.26. The van der Waals surface area contributed by atoms with Crippen LogP contribution >= 0.6 is 0 Å². The molecule has 4 aliphatic rings. The summed E-state index contributed by atoms with van der Waals surface area (Å²) in [5.41, 5.74) is 3.88. The largest absolute Gasteiger partial charge is 0.389 e. The van der Waals surface area contributed by atoms with E-state index in [4.69, 9.17) is 9.57 Å². The summed E-state index contributed by atoms with van der Waals surface area (Å²) in [7, 11) is 0. The maximum absolute atomic E-state index is 13.4. The summed E-state index contributed by atoms with van der Waals surface area (Å²) in [6.07, 6.45) is -1.30. The summed E-state index contributed by atoms with van der Waals surface area (Å²) in [4.78, 5) is 45.1. The first-order valence-electron chi connectivity index (χ1n) is 10.4. The fourth-order valence-electron chi connectivity index (χ4n) is 5.42. The maximum atomic E-state index is 13.4. The van der Waals surface area contributed by atoms with Gasteiger partial charge in [-0.3, -0.25) is 14.4 Å². The Morgan fingerprint density at radius 3 is 2.16 bits per heavy atom. The summed E-state index contributed by atoms with van der Waals surface area (Å²) >= 11 is 0. The lowest BCUT2D eigenvalue weighted by molar-refractivity contribution is -0.125. The molecule has 0 aromatic heterocycles. The number of carbonyl (C=O) groups excluding carboxylic acids is 3. The fraction of sp³-hybridized carbons (Fsp3) is 0.333. The third-order valence-corrected chi connectivity index (χ3v) is 6.92. The fourth-order valence-corrected chi connectivity index (χ4v) is 5.42. The molecule has 2 bridgehead atoms. The first-order valence-corrected chi connectivity index (χ1v) is 10.4. The van der Waals surface area contributed by atoms with E-state index in [0.717, 1.165) is 16.8 Å². The first kappa shape index (κ1) is 18.4. The minimum atomic E-state index is -0.571. The van der Waals surface area contributed by atoms with Gasteiger partial charge in [-0.1, -0.05) is 35.0 Å². The number of ether oxygens (including phenoxy) is 1. The Balaban J connectivity index is 1.32. The molecule has 0 aliphatic carbocycles. The van der Waals surface area contributed by atoms with Crippen LogP contribution in [0, 0.1) is 24.7 Å². The number of Topliss-reactive ketones (excluding diaryl/α,β-unsaturated/α-hetero) is 1. The lowest BCUT2D eigenvalue weighted by Crippen LogP contribution is -2.45. The molecule has 7 heteroatoms. The van der Waals surface area contributed by atoms with Crippen molar-refractivity contribution >= 4 is 29.0 Å². The number of oxime groups is 1. The van der Waals surface area contributed by atoms with Crippen LogP contribution in [0.2, 0.25) is 0 Å². The molecule has 2 aromatic rings. The van der Waals surface area contributed by atoms with Crippen LogP contribution in [0.4, 0.5) is 5.69 Å². The molecule has 0 N–H and O–H groups in total. The van der Waals surface area contributed by atoms with Crippen molar-refractivity contribution in [2.24, 2.45) is 22.9 Å². The van der Waals surface area contributed by atoms with E-state index in [2.05, 4.69) is 5.16 Å². The molecule has 0 unspecified atom stereocenters. The van der Waals surface area contributed by atoms with Crippen LogP contribution in [-0.2, 0) is 19.2 Å². The third-order valence-electron chi connectivity index (χ3n) is 6.92. The molecule has 6 rings (SSSR count). The number of fused-ring (bicyclic) bond motifs is 8. The van der Waals surface area contributed by atoms with Crippen molar-refractivity contribution in [1.29, 1.82) is 0 Å². The van der Waals surface area contributed by atoms with E-state index >= 15 is 0 Å². The molecule has 2 aromatic carbocycles. The molecule has 2 amide bonds. The molecule has 31 heavy (non-hydrogen) atoms. The molecular formula is C24H20N2O5. The van der Waals surface area contributed by atoms with Crippen LogP contribution in [0.3, 0.4) is 0 Å². The number of ketones is 1. The zero-order valence-electron chi connectivity index (χ0n) is 17.0. The number of rotatable bonds is 3. The Labute approximate surface area is 178 Å². The van der Waals surface area contributed by atoms with Gasteiger partial charge in [-0.25, -0.2) is 4.90 Å². The number of hydrogen-bond donors (Lipinski definition) is 0. The van der Waals surface area contributed by atoms with Gasteiger partial charge in [0.05, 0.1) is 35.3 Å². The smallest absolute Gasteiger partial charge is 0.240 e. The highest BCUT2D eigenvalue weighted by atomic mass is 16.7. The van der Waals surface area contributed by atoms with E-state index < -0.39 is 24.0 Å². The van der Waals surface area contributed by atoms with E-state index in [-0.39, 0.29) is 29.6 Å². The summed E-state index contributed by atoms with van der Waals surface area (Å²) < 4.78 is 6.14. The van der Waals surface area contributed by atoms with Crippen LogP contribution in [0.25, 0.3) is 0 Å². The molecule has 3 fully saturated rings. The molecule has 4 aliphatic heterocycles. The molecule has 0 radical (unpaired) electrons. The van der Waals surface area contributed by atoms with Crippen molar-refractivity contribution in [3.63, 3.8) is 0 Å². The van der Waals surface area contributed by atoms with E-state index in [1.165, 1.54) is 11.8 Å². The van der Waals surface area contributed by atoms with Crippen molar-refractivity contribution in [3.05, 3.63) is 65.2 Å². The highest BCUT2D eigenvalue weighted by Crippen LogP contribution is 2.55. The van der Waals surface area contributed by atoms with Crippen LogP contribution in [0.5, 0.6) is 0 Å². The lowest BCUT2D eigenvalue weighted by atomic mass is 9.71. The van der Waals surface area contributed by atoms with Crippen LogP contribution < -0.4 is 4.90 Å². The van der Waals surface area contributed by atoms with Gasteiger partial charge in [-0.05, 0) is 43.7 Å². The van der Waals surface area contributed by atoms with Crippen molar-refractivity contribution in [1.82, 2.24) is 0 Å². The summed E-state index contributed by atoms with van der Waals surface area (Å²) in [6.45, 7) is 3.50. The second-order valence-electron chi connectivity index (χ2n) is 8.67. The van der Waals surface area contributed by atoms with E-state index in [9.17, 15) is 14.4 Å². The van der Waals surface area contributed by atoms with Gasteiger partial charge in [0.1, 0.15) is 6.10 Å². The Bertz CT molecular complexity index is 1150. The van der Waals surface area contributed by atoms with Crippen LogP contribution in [0.15, 0.2) is 53.7 Å². The maximum Gasteiger partial charge on any atom is 0.240 e. The molecular weight excluding hydrogens is 396 g/mol. The number of benzene rings is 2. The zero-order valence-corrected chi connectivity index (χ0v) is 17.0. The molecule has 0 spiro atoms. The minimum Gasteiger partial charge on any atom is -0.389 e. The van der Waals surface area contributed by atoms with Gasteiger partial charge in [-0.2, -0.15) is 0 Å². The van der Waals surface area contributed by atoms with E-state index in [0.29, 0.717) is 11.3 Å². The molecule has 156 valence electrons. The third kappa shape index (κ3) is 2.44. The Morgan fingerprint density at radius 1 is 0.871 bits per heavy atom. The van der Waals surface area contributed by atoms with Crippen molar-refractivity contribution in [2.45, 2.75) is 32.2 Å². The Hall–Kier alpha value is -3.32. The summed E-state index contributed by atoms with van der Waals surface area (Å²) in [5, 5.41) is 4.31. The van der Waals surface area contributed by atoms with Gasteiger partial charge in [0.15, 0.2) is 11.9 Å². The molecule has 4 heterocycles. The Kier molecular flexibility index (Phi) is 3.77. The number of hydrogen-bond acceptors (Lipinski definition) is 6. The summed E-state index contributed by atoms with van der Waals surface area (Å²) in [6, 6.07) is 14.6. The second kappa shape index (κ2) is 6.34. The molecule has 7 nitrogen and oxygen atoms in total. The highest BCUT2D eigenvalue weighted by molar-refractivity contribution is 6.23. The standard InChI is InChI=1S/C24H20N2O5/c1-11-3-5-14(6-4-11)19-18-20-16-17(21(30-20)22(18)31-25-19)24(29)26(23(16)28)15-9-7-13(8-10-15)12(2)27/h3-10,16-18,20-22H,1-2H3/t16-,17+,18-,20-,21+,22-/m0/s1. The molecule has 6 atom stereocenters. The van der Waals surface area contributed by atoms with Crippen molar-refractivity contribution < 1.29 is 24.0 Å². The first-order chi connectivity index (χ1) is 15.0. The van der Waals surface area contributed by atoms with Crippen LogP contribution in [0.1, 0.15) is 28.4 Å². The second-order valence-corrected chi connectivity index (χ2v) is 8.67. The predicted octanol–water partition coefficient (Wildman–Crippen LogP) is 2.50. The van der Waals surface area contributed by atoms with E-state index in [1.807, 2.05) is 31.2 Å². The van der Waals surface area contributed by atoms with Gasteiger partial charge in [0.2, 0.25) is 11.8 Å². The molecule has 3 saturated heterocycles. The quantitative estimate of drug-likeness (QED) is 0.567. The number of anilines is 1. The average Bonchev–Trinajstić information content (AvgIpc) is 3.49. The van der Waals surface area contributed by atoms with Gasteiger partial charge in [0, 0.05) is 5.56 Å². The normalized spacial score (nSPS) is 32.7. The zero-order chi connectivity index (χ0) is 21.4. The number of aryl methyl sites for hydroxylation is 1. The Morgan fingerprint density at radius 2 is 1.52 bits per heavy atom. The van der Waals surface area contributed by atoms with Crippen molar-refractivity contribution in [3.8, 4) is 0 Å². The van der Waals surface area contributed by atoms with Gasteiger partial charge < -0.3 is 9.57 Å². The number of nitrogens with zero attached hydrogens (tertiary/aromatic N) is 2. The topological polar surface area (TPSA) is 85.3 Å². The number of imide groups is 1. The van der Waals surface area contributed by atoms with Gasteiger partial charge in [0.25, 0.3) is 0 Å². The number of amides is 2. The van der Waals surface area contributed by atoms with Crippen molar-refractivity contribution in [2.75, 3.05) is 4.90 Å². The summed E-state index contributed by atoms with van der Waals surface area (Å²) in [5.74, 6) is -1.90. The monoisotopic (exact) mass is 416 g/mol. The molecule has 0 saturated carbocycles. The number of carbonyl (C=O) groups is 3. The minimum absolute atomic E-state index is 0.0677. The van der Waals surface area contributed by atoms with Gasteiger partial charge >= 0.3 is 0 Å². The highest BCUT2D eigenvalue weighted by Gasteiger charge is 2.72. The SMILES string of the molecule is CC(=O)c1ccc(N2C(=O)[C@@H]3[C@@H]4O[C@@H]([C@H]5ON=C(c6ccc(C)cc6)[C@H]54)[C@@H]3C2=O)cc1.